The minimum absolute atomic E-state index is 0.203. The lowest BCUT2D eigenvalue weighted by Crippen LogP contribution is -2.43. The van der Waals surface area contributed by atoms with Crippen molar-refractivity contribution in [2.24, 2.45) is 0 Å². The van der Waals surface area contributed by atoms with E-state index < -0.39 is 19.0 Å². The number of hydrogen-bond donors (Lipinski definition) is 1. The number of aromatic amines is 1. The minimum Gasteiger partial charge on any atom is -0.497 e. The van der Waals surface area contributed by atoms with E-state index in [0.717, 1.165) is 29.6 Å². The molecule has 0 unspecified atom stereocenters. The lowest BCUT2D eigenvalue weighted by atomic mass is 10.1. The van der Waals surface area contributed by atoms with E-state index in [2.05, 4.69) is 4.98 Å². The van der Waals surface area contributed by atoms with Crippen LogP contribution < -0.4 is 4.74 Å². The summed E-state index contributed by atoms with van der Waals surface area (Å²) in [6.45, 7) is 12.0. The first-order valence-corrected chi connectivity index (χ1v) is 11.7. The highest BCUT2D eigenvalue weighted by Gasteiger charge is 2.39. The van der Waals surface area contributed by atoms with Crippen LogP contribution in [-0.4, -0.2) is 55.1 Å². The van der Waals surface area contributed by atoms with Gasteiger partial charge in [-0.2, -0.15) is 0 Å². The van der Waals surface area contributed by atoms with Crippen molar-refractivity contribution in [2.75, 3.05) is 34.5 Å². The number of ether oxygens (including phenoxy) is 1. The number of likely N-dealkylation sites (N-methyl/N-ethyl adjacent to an activating group) is 1. The van der Waals surface area contributed by atoms with Crippen LogP contribution in [-0.2, 0) is 24.6 Å². The topological polar surface area (TPSA) is 69.8 Å². The lowest BCUT2D eigenvalue weighted by molar-refractivity contribution is -0.906. The fraction of sp³-hybridized carbons (Fsp3) is 0.636. The third kappa shape index (κ3) is 7.71. The summed E-state index contributed by atoms with van der Waals surface area (Å²) in [4.78, 5) is 3.31. The molecule has 0 spiro atoms. The maximum atomic E-state index is 13.3. The van der Waals surface area contributed by atoms with Crippen molar-refractivity contribution >= 4 is 18.7 Å². The first-order chi connectivity index (χ1) is 13.6. The number of benzene rings is 1. The number of hydrogen-bond acceptors (Lipinski definition) is 5. The first-order valence-electron chi connectivity index (χ1n) is 10.2. The van der Waals surface area contributed by atoms with Gasteiger partial charge in [0.1, 0.15) is 5.75 Å². The summed E-state index contributed by atoms with van der Waals surface area (Å²) in [6.07, 6.45) is 2.86. The molecule has 0 fully saturated rings. The van der Waals surface area contributed by atoms with Crippen LogP contribution in [0.4, 0.5) is 0 Å². The number of H-pyrrole nitrogens is 1. The molecule has 0 aliphatic rings. The monoisotopic (exact) mass is 441 g/mol. The van der Waals surface area contributed by atoms with E-state index >= 15 is 0 Å². The van der Waals surface area contributed by atoms with Gasteiger partial charge in [-0.05, 0) is 65.3 Å². The Morgan fingerprint density at radius 1 is 1.03 bits per heavy atom. The molecule has 170 valence electrons. The number of quaternary nitrogens is 1. The van der Waals surface area contributed by atoms with E-state index in [4.69, 9.17) is 18.3 Å². The molecule has 0 amide bonds. The maximum absolute atomic E-state index is 13.3. The van der Waals surface area contributed by atoms with Gasteiger partial charge in [0.25, 0.3) is 0 Å². The Balaban J connectivity index is 2.07. The number of phosphoric acid groups is 1. The second-order valence-corrected chi connectivity index (χ2v) is 11.8. The van der Waals surface area contributed by atoms with E-state index in [1.807, 2.05) is 80.0 Å². The number of nitrogens with zero attached hydrogens (tertiary/aromatic N) is 1. The molecule has 0 saturated carbocycles. The predicted molar refractivity (Wildman–Crippen MR) is 121 cm³/mol. The molecule has 1 aromatic carbocycles. The maximum Gasteiger partial charge on any atom is 0.480 e. The fourth-order valence-electron chi connectivity index (χ4n) is 2.95. The van der Waals surface area contributed by atoms with E-state index in [0.29, 0.717) is 4.48 Å². The highest BCUT2D eigenvalue weighted by Crippen LogP contribution is 2.55. The Morgan fingerprint density at radius 2 is 1.63 bits per heavy atom. The fourth-order valence-corrected chi connectivity index (χ4v) is 4.89. The summed E-state index contributed by atoms with van der Waals surface area (Å²) < 4.78 is 36.3. The lowest BCUT2D eigenvalue weighted by Gasteiger charge is -2.34. The first kappa shape index (κ1) is 24.9. The second-order valence-electron chi connectivity index (χ2n) is 10.2. The van der Waals surface area contributed by atoms with Gasteiger partial charge in [-0.25, -0.2) is 9.09 Å². The SMILES string of the molecule is COc1ccc2[nH]cc(CC[N+](C)(C)COP(=O)(OC(C)(C)C)OC(C)(C)C)c2c1. The van der Waals surface area contributed by atoms with Gasteiger partial charge < -0.3 is 14.2 Å². The Kier molecular flexibility index (Phi) is 7.48. The van der Waals surface area contributed by atoms with Crippen molar-refractivity contribution in [3.63, 3.8) is 0 Å². The summed E-state index contributed by atoms with van der Waals surface area (Å²) in [5.41, 5.74) is 0.978. The molecule has 30 heavy (non-hydrogen) atoms. The summed E-state index contributed by atoms with van der Waals surface area (Å²) in [7, 11) is 2.01. The molecule has 1 heterocycles. The number of nitrogens with one attached hydrogen (secondary N) is 1. The van der Waals surface area contributed by atoms with Gasteiger partial charge in [0.05, 0.1) is 39.0 Å². The summed E-state index contributed by atoms with van der Waals surface area (Å²) in [5.74, 6) is 0.833. The predicted octanol–water partition coefficient (Wildman–Crippen LogP) is 5.51. The molecule has 0 aliphatic heterocycles. The van der Waals surface area contributed by atoms with Crippen LogP contribution in [0, 0.1) is 0 Å². The molecule has 0 aliphatic carbocycles. The van der Waals surface area contributed by atoms with Crippen LogP contribution in [0.2, 0.25) is 0 Å². The summed E-state index contributed by atoms with van der Waals surface area (Å²) in [5, 5.41) is 1.15. The Bertz CT molecular complexity index is 873. The normalized spacial score (nSPS) is 13.8. The molecule has 0 atom stereocenters. The number of fused-ring (bicyclic) bond motifs is 1. The van der Waals surface area contributed by atoms with Crippen LogP contribution in [0.3, 0.4) is 0 Å². The zero-order chi connectivity index (χ0) is 22.8. The molecule has 2 rings (SSSR count). The molecule has 0 saturated heterocycles. The number of methoxy groups -OCH3 is 1. The average Bonchev–Trinajstić information content (AvgIpc) is 2.97. The van der Waals surface area contributed by atoms with Gasteiger partial charge in [0.15, 0.2) is 6.73 Å². The van der Waals surface area contributed by atoms with E-state index in [9.17, 15) is 4.57 Å². The molecular weight excluding hydrogens is 403 g/mol. The quantitative estimate of drug-likeness (QED) is 0.316. The highest BCUT2D eigenvalue weighted by molar-refractivity contribution is 7.48. The van der Waals surface area contributed by atoms with Crippen LogP contribution in [0.5, 0.6) is 5.75 Å². The number of rotatable bonds is 9. The van der Waals surface area contributed by atoms with Crippen molar-refractivity contribution in [2.45, 2.75) is 59.2 Å². The van der Waals surface area contributed by atoms with E-state index in [1.54, 1.807) is 7.11 Å². The van der Waals surface area contributed by atoms with Crippen molar-refractivity contribution in [3.05, 3.63) is 30.0 Å². The smallest absolute Gasteiger partial charge is 0.480 e. The third-order valence-electron chi connectivity index (χ3n) is 4.30. The van der Waals surface area contributed by atoms with Crippen molar-refractivity contribution in [1.82, 2.24) is 4.98 Å². The molecule has 7 nitrogen and oxygen atoms in total. The second kappa shape index (κ2) is 9.01. The number of phosphoric ester groups is 1. The van der Waals surface area contributed by atoms with E-state index in [1.165, 1.54) is 5.56 Å². The Labute approximate surface area is 180 Å². The van der Waals surface area contributed by atoms with Gasteiger partial charge in [-0.1, -0.05) is 0 Å². The molecule has 0 radical (unpaired) electrons. The van der Waals surface area contributed by atoms with Crippen LogP contribution in [0.15, 0.2) is 24.4 Å². The minimum atomic E-state index is -3.73. The Hall–Kier alpha value is -1.37. The molecule has 1 aromatic heterocycles. The van der Waals surface area contributed by atoms with Gasteiger partial charge in [-0.3, -0.25) is 9.05 Å². The van der Waals surface area contributed by atoms with Crippen LogP contribution in [0.1, 0.15) is 47.1 Å². The van der Waals surface area contributed by atoms with Crippen molar-refractivity contribution < 1.29 is 27.4 Å². The average molecular weight is 442 g/mol. The van der Waals surface area contributed by atoms with Gasteiger partial charge in [0, 0.05) is 23.5 Å². The molecule has 2 aromatic rings. The molecule has 0 bridgehead atoms. The summed E-state index contributed by atoms with van der Waals surface area (Å²) >= 11 is 0. The number of aromatic nitrogens is 1. The van der Waals surface area contributed by atoms with Crippen LogP contribution >= 0.6 is 7.82 Å². The third-order valence-corrected chi connectivity index (χ3v) is 6.27. The Morgan fingerprint density at radius 3 is 2.17 bits per heavy atom. The summed E-state index contributed by atoms with van der Waals surface area (Å²) in [6, 6.07) is 6.00. The van der Waals surface area contributed by atoms with Gasteiger partial charge in [0.2, 0.25) is 0 Å². The van der Waals surface area contributed by atoms with Crippen LogP contribution in [0.25, 0.3) is 10.9 Å². The van der Waals surface area contributed by atoms with Crippen molar-refractivity contribution in [3.8, 4) is 5.75 Å². The molecule has 8 heteroatoms. The zero-order valence-electron chi connectivity index (χ0n) is 19.9. The molecule has 1 N–H and O–H groups in total. The van der Waals surface area contributed by atoms with Crippen molar-refractivity contribution in [1.29, 1.82) is 0 Å². The molecular formula is C22H38N2O5P+. The van der Waals surface area contributed by atoms with Gasteiger partial charge in [-0.15, -0.1) is 0 Å². The highest BCUT2D eigenvalue weighted by atomic mass is 31.2. The van der Waals surface area contributed by atoms with Gasteiger partial charge >= 0.3 is 7.82 Å². The van der Waals surface area contributed by atoms with E-state index in [-0.39, 0.29) is 6.73 Å². The standard InChI is InChI=1S/C22H38N2O5P/c1-21(2,3)28-30(25,29-22(4,5)6)27-16-24(7,8)13-12-17-15-23-20-11-10-18(26-9)14-19(17)20/h10-11,14-15,23H,12-13,16H2,1-9H3/q+1. The largest absolute Gasteiger partial charge is 0.497 e. The zero-order valence-corrected chi connectivity index (χ0v) is 20.8.